The van der Waals surface area contributed by atoms with Gasteiger partial charge in [0, 0.05) is 36.3 Å². The number of aromatic amines is 1. The molecule has 0 saturated heterocycles. The molecule has 0 aliphatic heterocycles. The van der Waals surface area contributed by atoms with Crippen molar-refractivity contribution in [3.05, 3.63) is 111 Å². The van der Waals surface area contributed by atoms with Gasteiger partial charge in [0.05, 0.1) is 111 Å². The van der Waals surface area contributed by atoms with Crippen molar-refractivity contribution in [2.24, 2.45) is 7.05 Å². The van der Waals surface area contributed by atoms with E-state index in [0.29, 0.717) is 156 Å². The molecular formula is C66H113FN4O13. The molecule has 4 N–H and O–H groups in total. The monoisotopic (exact) mass is 1190 g/mol. The third-order valence-electron chi connectivity index (χ3n) is 10.6. The summed E-state index contributed by atoms with van der Waals surface area (Å²) in [6, 6.07) is 17.1. The van der Waals surface area contributed by atoms with Crippen LogP contribution >= 0.6 is 0 Å². The maximum Gasteiger partial charge on any atom is 0.274 e. The Labute approximate surface area is 505 Å². The number of aromatic nitrogens is 2. The normalized spacial score (nSPS) is 10.3. The Balaban J connectivity index is -0.00000402. The zero-order valence-corrected chi connectivity index (χ0v) is 55.6. The van der Waals surface area contributed by atoms with E-state index < -0.39 is 11.5 Å². The summed E-state index contributed by atoms with van der Waals surface area (Å²) in [5.41, 5.74) is 2.73. The van der Waals surface area contributed by atoms with Gasteiger partial charge < -0.3 is 72.7 Å². The third-order valence-corrected chi connectivity index (χ3v) is 10.6. The van der Waals surface area contributed by atoms with Crippen LogP contribution in [0.25, 0.3) is 22.0 Å². The summed E-state index contributed by atoms with van der Waals surface area (Å²) >= 11 is 0. The van der Waals surface area contributed by atoms with E-state index in [0.717, 1.165) is 5.56 Å². The Morgan fingerprint density at radius 2 is 1.04 bits per heavy atom. The molecule has 0 atom stereocenters. The van der Waals surface area contributed by atoms with Crippen molar-refractivity contribution in [1.82, 2.24) is 20.2 Å². The van der Waals surface area contributed by atoms with Crippen LogP contribution in [0.4, 0.5) is 4.39 Å². The van der Waals surface area contributed by atoms with E-state index in [4.69, 9.17) is 47.4 Å². The van der Waals surface area contributed by atoms with Crippen molar-refractivity contribution in [3.8, 4) is 28.4 Å². The molecule has 0 spiro atoms. The predicted octanol–water partition coefficient (Wildman–Crippen LogP) is 13.2. The minimum absolute atomic E-state index is 0.194. The van der Waals surface area contributed by atoms with Gasteiger partial charge in [-0.05, 0) is 120 Å². The number of ether oxygens (including phenoxy) is 10. The van der Waals surface area contributed by atoms with Crippen LogP contribution in [0.15, 0.2) is 71.7 Å². The molecule has 0 saturated carbocycles. The Hall–Kier alpha value is -5.25. The standard InChI is InChI=1S/C52H70FN3O13.C2H7N.6C2H6/c1-36(2)67-28-26-65-24-22-63-20-18-61-16-14-60-15-17-62-19-21-64-23-25-66-27-29-68-42-11-8-39(9-12-42)34-54-50(57)46-33-44-45(35-56(7)51(58)48(44)55-46)43-32-40(52(5,6)59)10-13-47(43)69-49-37(3)30-41(53)31-38(49)4;1-3-2;6*1-2/h8-13,30-33,35-36,55,59H,14-29,34H2,1-7H3,(H,54,57);3H,1-2H3;6*1-2H3. The average Bonchev–Trinajstić information content (AvgIpc) is 2.62. The molecule has 84 heavy (non-hydrogen) atoms. The molecule has 0 aliphatic rings. The molecule has 0 bridgehead atoms. The minimum Gasteiger partial charge on any atom is -0.491 e. The van der Waals surface area contributed by atoms with Crippen molar-refractivity contribution < 1.29 is 61.7 Å². The van der Waals surface area contributed by atoms with Gasteiger partial charge in [0.15, 0.2) is 0 Å². The zero-order chi connectivity index (χ0) is 64.3. The fraction of sp³-hybridized carbons (Fsp3) is 0.606. The number of pyridine rings is 1. The molecule has 2 aromatic heterocycles. The van der Waals surface area contributed by atoms with E-state index in [1.165, 1.54) is 16.7 Å². The van der Waals surface area contributed by atoms with Gasteiger partial charge in [-0.15, -0.1) is 0 Å². The highest BCUT2D eigenvalue weighted by Crippen LogP contribution is 2.41. The lowest BCUT2D eigenvalue weighted by Crippen LogP contribution is -2.23. The Bertz CT molecular complexity index is 2400. The molecule has 0 aliphatic carbocycles. The highest BCUT2D eigenvalue weighted by molar-refractivity contribution is 6.03. The van der Waals surface area contributed by atoms with E-state index >= 15 is 0 Å². The number of carbonyl (C=O) groups is 1. The molecule has 18 heteroatoms. The summed E-state index contributed by atoms with van der Waals surface area (Å²) < 4.78 is 71.9. The number of nitrogens with zero attached hydrogens (tertiary/aromatic N) is 1. The summed E-state index contributed by atoms with van der Waals surface area (Å²) in [4.78, 5) is 30.0. The number of hydrogen-bond acceptors (Lipinski definition) is 14. The summed E-state index contributed by atoms with van der Waals surface area (Å²) in [5.74, 6) is 0.798. The van der Waals surface area contributed by atoms with Crippen LogP contribution < -0.4 is 25.7 Å². The maximum absolute atomic E-state index is 14.2. The fourth-order valence-corrected chi connectivity index (χ4v) is 7.01. The van der Waals surface area contributed by atoms with Crippen LogP contribution in [0, 0.1) is 19.7 Å². The number of aliphatic hydroxyl groups is 1. The third kappa shape index (κ3) is 34.6. The van der Waals surface area contributed by atoms with E-state index in [9.17, 15) is 19.1 Å². The highest BCUT2D eigenvalue weighted by Gasteiger charge is 2.23. The van der Waals surface area contributed by atoms with Gasteiger partial charge in [0.25, 0.3) is 11.5 Å². The second kappa shape index (κ2) is 53.2. The number of fused-ring (bicyclic) bond motifs is 1. The Morgan fingerprint density at radius 1 is 0.619 bits per heavy atom. The minimum atomic E-state index is -1.20. The van der Waals surface area contributed by atoms with Gasteiger partial charge in [0.2, 0.25) is 0 Å². The molecule has 5 aromatic rings. The van der Waals surface area contributed by atoms with Crippen molar-refractivity contribution >= 4 is 16.8 Å². The topological polar surface area (TPSA) is 191 Å². The number of H-pyrrole nitrogens is 1. The summed E-state index contributed by atoms with van der Waals surface area (Å²) in [5, 5.41) is 17.1. The average molecular weight is 1190 g/mol. The van der Waals surface area contributed by atoms with Crippen LogP contribution in [-0.2, 0) is 57.1 Å². The van der Waals surface area contributed by atoms with Crippen LogP contribution in [0.3, 0.4) is 0 Å². The number of hydrogen-bond donors (Lipinski definition) is 4. The van der Waals surface area contributed by atoms with Crippen molar-refractivity contribution in [2.45, 2.75) is 143 Å². The van der Waals surface area contributed by atoms with E-state index in [1.54, 1.807) is 65.2 Å². The molecule has 0 radical (unpaired) electrons. The molecule has 3 aromatic carbocycles. The smallest absolute Gasteiger partial charge is 0.274 e. The number of carbonyl (C=O) groups excluding carboxylic acids is 1. The quantitative estimate of drug-likeness (QED) is 0.0290. The molecule has 17 nitrogen and oxygen atoms in total. The molecule has 482 valence electrons. The first-order valence-electron chi connectivity index (χ1n) is 30.4. The zero-order valence-electron chi connectivity index (χ0n) is 55.6. The molecule has 1 amide bonds. The van der Waals surface area contributed by atoms with E-state index in [2.05, 4.69) is 15.6 Å². The maximum atomic E-state index is 14.2. The van der Waals surface area contributed by atoms with Gasteiger partial charge >= 0.3 is 0 Å². The lowest BCUT2D eigenvalue weighted by atomic mass is 9.93. The molecule has 2 heterocycles. The molecule has 0 fully saturated rings. The predicted molar refractivity (Wildman–Crippen MR) is 343 cm³/mol. The Kier molecular flexibility index (Phi) is 52.6. The van der Waals surface area contributed by atoms with Gasteiger partial charge in [-0.1, -0.05) is 101 Å². The number of nitrogens with one attached hydrogen (secondary N) is 3. The molecular weight excluding hydrogens is 1080 g/mol. The first-order chi connectivity index (χ1) is 40.6. The van der Waals surface area contributed by atoms with Crippen LogP contribution in [0.2, 0.25) is 0 Å². The number of aryl methyl sites for hydroxylation is 3. The van der Waals surface area contributed by atoms with Crippen LogP contribution in [0.5, 0.6) is 17.2 Å². The van der Waals surface area contributed by atoms with Crippen molar-refractivity contribution in [2.75, 3.05) is 120 Å². The molecule has 0 unspecified atom stereocenters. The van der Waals surface area contributed by atoms with Gasteiger partial charge in [-0.2, -0.15) is 0 Å². The fourth-order valence-electron chi connectivity index (χ4n) is 7.01. The summed E-state index contributed by atoms with van der Waals surface area (Å²) in [7, 11) is 5.38. The van der Waals surface area contributed by atoms with Crippen molar-refractivity contribution in [3.63, 3.8) is 0 Å². The van der Waals surface area contributed by atoms with Crippen molar-refractivity contribution in [1.29, 1.82) is 0 Å². The summed E-state index contributed by atoms with van der Waals surface area (Å²) in [6.45, 7) is 42.7. The first-order valence-corrected chi connectivity index (χ1v) is 30.4. The highest BCUT2D eigenvalue weighted by atomic mass is 19.1. The second-order valence-electron chi connectivity index (χ2n) is 17.6. The first kappa shape index (κ1) is 83.0. The lowest BCUT2D eigenvalue weighted by molar-refractivity contribution is -0.0259. The number of rotatable bonds is 33. The van der Waals surface area contributed by atoms with E-state index in [1.807, 2.05) is 135 Å². The number of benzene rings is 3. The van der Waals surface area contributed by atoms with E-state index in [-0.39, 0.29) is 35.2 Å². The van der Waals surface area contributed by atoms with Gasteiger partial charge in [-0.25, -0.2) is 4.39 Å². The largest absolute Gasteiger partial charge is 0.491 e. The SMILES string of the molecule is CC.CC.CC.CC.CC.CC.CNC.Cc1cc(F)cc(C)c1Oc1ccc(C(C)(C)O)cc1-c1cn(C)c(=O)c2[nH]c(C(=O)NCc3ccc(OCCOCCOCCOCCOCCOCCOCCOCCOC(C)C)cc3)cc12. The second-order valence-corrected chi connectivity index (χ2v) is 17.6. The van der Waals surface area contributed by atoms with Gasteiger partial charge in [0.1, 0.15) is 40.9 Å². The van der Waals surface area contributed by atoms with Crippen LogP contribution in [-0.4, -0.2) is 146 Å². The van der Waals surface area contributed by atoms with Crippen LogP contribution in [0.1, 0.15) is 144 Å². The molecule has 5 rings (SSSR count). The Morgan fingerprint density at radius 3 is 1.45 bits per heavy atom. The lowest BCUT2D eigenvalue weighted by Gasteiger charge is -2.22. The number of halogens is 1. The summed E-state index contributed by atoms with van der Waals surface area (Å²) in [6.07, 6.45) is 1.89. The number of amides is 1. The van der Waals surface area contributed by atoms with Gasteiger partial charge in [-0.3, -0.25) is 9.59 Å².